The highest BCUT2D eigenvalue weighted by atomic mass is 127. The lowest BCUT2D eigenvalue weighted by Crippen LogP contribution is -1.95. The number of nitrogens with zero attached hydrogens (tertiary/aromatic N) is 4. The molecule has 1 N–H and O–H groups in total. The van der Waals surface area contributed by atoms with Crippen molar-refractivity contribution in [1.82, 2.24) is 0 Å². The number of nitriles is 1. The van der Waals surface area contributed by atoms with Gasteiger partial charge in [-0.25, -0.2) is 0 Å². The normalized spacial score (nSPS) is 11.4. The average molecular weight is 501 g/mol. The Bertz CT molecular complexity index is 700. The highest BCUT2D eigenvalue weighted by Gasteiger charge is 1.96. The first kappa shape index (κ1) is 15.8. The summed E-state index contributed by atoms with van der Waals surface area (Å²) in [4.78, 5) is 0. The molecule has 2 aromatic carbocycles. The molecule has 0 unspecified atom stereocenters. The Labute approximate surface area is 149 Å². The van der Waals surface area contributed by atoms with E-state index in [9.17, 15) is 0 Å². The van der Waals surface area contributed by atoms with Gasteiger partial charge in [-0.1, -0.05) is 0 Å². The molecule has 2 aromatic rings. The van der Waals surface area contributed by atoms with Crippen LogP contribution in [0.3, 0.4) is 0 Å². The minimum atomic E-state index is -0.0351. The maximum atomic E-state index is 8.99. The fourth-order valence-corrected chi connectivity index (χ4v) is 2.04. The third-order valence-electron chi connectivity index (χ3n) is 2.32. The second-order valence-electron chi connectivity index (χ2n) is 3.84. The molecule has 0 bridgehead atoms. The van der Waals surface area contributed by atoms with Gasteiger partial charge in [0.2, 0.25) is 0 Å². The molecule has 0 heterocycles. The standard InChI is InChI=1S/C14H9I2N5/c15-10-1-5-12(6-2-10)18-20-14(9-17)21-19-13-7-3-11(16)4-8-13/h1-8,18H/b20-14+,21-19?. The average Bonchev–Trinajstić information content (AvgIpc) is 2.51. The SMILES string of the molecule is N#C/C(N=Nc1ccc(I)cc1)=N\Nc1ccc(I)cc1. The molecular weight excluding hydrogens is 492 g/mol. The first-order valence-electron chi connectivity index (χ1n) is 5.84. The third kappa shape index (κ3) is 5.39. The van der Waals surface area contributed by atoms with Gasteiger partial charge in [0.1, 0.15) is 6.07 Å². The zero-order chi connectivity index (χ0) is 15.1. The first-order valence-corrected chi connectivity index (χ1v) is 8.00. The Hall–Kier alpha value is -1.54. The van der Waals surface area contributed by atoms with E-state index >= 15 is 0 Å². The highest BCUT2D eigenvalue weighted by molar-refractivity contribution is 14.1. The Kier molecular flexibility index (Phi) is 6.06. The van der Waals surface area contributed by atoms with Crippen LogP contribution in [0.25, 0.3) is 0 Å². The Morgan fingerprint density at radius 3 is 2.10 bits per heavy atom. The molecule has 0 atom stereocenters. The topological polar surface area (TPSA) is 72.9 Å². The monoisotopic (exact) mass is 501 g/mol. The van der Waals surface area contributed by atoms with Gasteiger partial charge in [-0.05, 0) is 93.7 Å². The van der Waals surface area contributed by atoms with E-state index < -0.39 is 0 Å². The first-order chi connectivity index (χ1) is 10.2. The molecule has 0 radical (unpaired) electrons. The number of azo groups is 1. The van der Waals surface area contributed by atoms with Crippen LogP contribution in [0.4, 0.5) is 11.4 Å². The van der Waals surface area contributed by atoms with E-state index in [1.54, 1.807) is 0 Å². The molecular formula is C14H9I2N5. The van der Waals surface area contributed by atoms with Crippen molar-refractivity contribution < 1.29 is 0 Å². The van der Waals surface area contributed by atoms with E-state index in [0.29, 0.717) is 5.69 Å². The second kappa shape index (κ2) is 8.04. The maximum absolute atomic E-state index is 8.99. The number of hydrogen-bond donors (Lipinski definition) is 1. The predicted molar refractivity (Wildman–Crippen MR) is 99.5 cm³/mol. The summed E-state index contributed by atoms with van der Waals surface area (Å²) >= 11 is 4.43. The lowest BCUT2D eigenvalue weighted by atomic mass is 10.3. The largest absolute Gasteiger partial charge is 0.276 e. The minimum Gasteiger partial charge on any atom is -0.276 e. The zero-order valence-corrected chi connectivity index (χ0v) is 15.0. The summed E-state index contributed by atoms with van der Waals surface area (Å²) in [5, 5.41) is 20.7. The van der Waals surface area contributed by atoms with Crippen LogP contribution < -0.4 is 5.43 Å². The number of amidine groups is 1. The predicted octanol–water partition coefficient (Wildman–Crippen LogP) is 4.93. The molecule has 21 heavy (non-hydrogen) atoms. The van der Waals surface area contributed by atoms with E-state index in [0.717, 1.165) is 12.8 Å². The summed E-state index contributed by atoms with van der Waals surface area (Å²) in [6.07, 6.45) is 0. The zero-order valence-electron chi connectivity index (χ0n) is 10.7. The number of nitrogens with one attached hydrogen (secondary N) is 1. The molecule has 104 valence electrons. The van der Waals surface area contributed by atoms with Gasteiger partial charge in [-0.15, -0.1) is 15.3 Å². The molecule has 0 aliphatic carbocycles. The summed E-state index contributed by atoms with van der Waals surface area (Å²) in [6.45, 7) is 0. The quantitative estimate of drug-likeness (QED) is 0.213. The Morgan fingerprint density at radius 1 is 0.952 bits per heavy atom. The molecule has 2 rings (SSSR count). The summed E-state index contributed by atoms with van der Waals surface area (Å²) in [5.74, 6) is -0.0351. The number of anilines is 1. The van der Waals surface area contributed by atoms with Crippen LogP contribution in [0.1, 0.15) is 0 Å². The van der Waals surface area contributed by atoms with Crippen molar-refractivity contribution in [2.24, 2.45) is 15.3 Å². The van der Waals surface area contributed by atoms with Crippen LogP contribution in [-0.2, 0) is 0 Å². The van der Waals surface area contributed by atoms with Gasteiger partial charge in [0, 0.05) is 7.14 Å². The fraction of sp³-hybridized carbons (Fsp3) is 0. The van der Waals surface area contributed by atoms with Gasteiger partial charge in [-0.2, -0.15) is 5.26 Å². The van der Waals surface area contributed by atoms with Gasteiger partial charge >= 0.3 is 0 Å². The molecule has 0 aliphatic rings. The van der Waals surface area contributed by atoms with Crippen molar-refractivity contribution >= 4 is 62.4 Å². The van der Waals surface area contributed by atoms with Crippen molar-refractivity contribution in [3.8, 4) is 6.07 Å². The van der Waals surface area contributed by atoms with Crippen LogP contribution >= 0.6 is 45.2 Å². The summed E-state index contributed by atoms with van der Waals surface area (Å²) in [7, 11) is 0. The summed E-state index contributed by atoms with van der Waals surface area (Å²) < 4.78 is 2.24. The van der Waals surface area contributed by atoms with Crippen molar-refractivity contribution in [3.05, 3.63) is 55.7 Å². The number of hydrazone groups is 1. The summed E-state index contributed by atoms with van der Waals surface area (Å²) in [6, 6.07) is 17.0. The van der Waals surface area contributed by atoms with Crippen molar-refractivity contribution in [2.75, 3.05) is 5.43 Å². The number of benzene rings is 2. The van der Waals surface area contributed by atoms with Crippen molar-refractivity contribution in [1.29, 1.82) is 5.26 Å². The van der Waals surface area contributed by atoms with Crippen molar-refractivity contribution in [2.45, 2.75) is 0 Å². The van der Waals surface area contributed by atoms with Gasteiger partial charge in [0.15, 0.2) is 0 Å². The lowest BCUT2D eigenvalue weighted by Gasteiger charge is -1.99. The van der Waals surface area contributed by atoms with Crippen LogP contribution in [0.5, 0.6) is 0 Å². The molecule has 0 aliphatic heterocycles. The van der Waals surface area contributed by atoms with E-state index in [1.807, 2.05) is 54.6 Å². The lowest BCUT2D eigenvalue weighted by molar-refractivity contribution is 1.23. The van der Waals surface area contributed by atoms with Gasteiger partial charge in [-0.3, -0.25) is 5.43 Å². The number of hydrogen-bond acceptors (Lipinski definition) is 4. The smallest absolute Gasteiger partial charge is 0.270 e. The van der Waals surface area contributed by atoms with Crippen molar-refractivity contribution in [3.63, 3.8) is 0 Å². The Morgan fingerprint density at radius 2 is 1.52 bits per heavy atom. The number of rotatable bonds is 3. The molecule has 0 spiro atoms. The Balaban J connectivity index is 2.05. The second-order valence-corrected chi connectivity index (χ2v) is 6.33. The van der Waals surface area contributed by atoms with Gasteiger partial charge in [0.05, 0.1) is 11.4 Å². The molecule has 5 nitrogen and oxygen atoms in total. The van der Waals surface area contributed by atoms with E-state index in [4.69, 9.17) is 5.26 Å². The van der Waals surface area contributed by atoms with Crippen LogP contribution in [0, 0.1) is 18.5 Å². The molecule has 7 heteroatoms. The van der Waals surface area contributed by atoms with Crippen LogP contribution in [-0.4, -0.2) is 5.84 Å². The van der Waals surface area contributed by atoms with E-state index in [2.05, 4.69) is 65.9 Å². The third-order valence-corrected chi connectivity index (χ3v) is 3.76. The fourth-order valence-electron chi connectivity index (χ4n) is 1.32. The van der Waals surface area contributed by atoms with Gasteiger partial charge in [0.25, 0.3) is 5.84 Å². The van der Waals surface area contributed by atoms with Crippen LogP contribution in [0.15, 0.2) is 63.9 Å². The number of halogens is 2. The summed E-state index contributed by atoms with van der Waals surface area (Å²) in [5.41, 5.74) is 4.23. The molecule has 0 fully saturated rings. The van der Waals surface area contributed by atoms with Gasteiger partial charge < -0.3 is 0 Å². The molecule has 0 saturated carbocycles. The molecule has 0 aromatic heterocycles. The van der Waals surface area contributed by atoms with E-state index in [-0.39, 0.29) is 5.84 Å². The van der Waals surface area contributed by atoms with E-state index in [1.165, 1.54) is 0 Å². The molecule has 0 saturated heterocycles. The van der Waals surface area contributed by atoms with Crippen LogP contribution in [0.2, 0.25) is 0 Å². The maximum Gasteiger partial charge on any atom is 0.270 e. The highest BCUT2D eigenvalue weighted by Crippen LogP contribution is 2.15. The molecule has 0 amide bonds. The minimum absolute atomic E-state index is 0.0351.